The molecule has 3 rings (SSSR count). The lowest BCUT2D eigenvalue weighted by molar-refractivity contribution is -0.121. The molecule has 5 heteroatoms. The third-order valence-electron chi connectivity index (χ3n) is 4.64. The molecule has 3 nitrogen and oxygen atoms in total. The third-order valence-corrected chi connectivity index (χ3v) is 4.64. The van der Waals surface area contributed by atoms with Gasteiger partial charge in [0.25, 0.3) is 0 Å². The van der Waals surface area contributed by atoms with Crippen molar-refractivity contribution in [3.8, 4) is 0 Å². The number of nitrogens with one attached hydrogen (secondary N) is 2. The molecule has 2 N–H and O–H groups in total. The van der Waals surface area contributed by atoms with Crippen LogP contribution in [0.2, 0.25) is 0 Å². The predicted octanol–water partition coefficient (Wildman–Crippen LogP) is 2.99. The van der Waals surface area contributed by atoms with Crippen LogP contribution in [0, 0.1) is 17.7 Å². The number of fused-ring (bicyclic) bond motifs is 1. The Morgan fingerprint density at radius 1 is 1.32 bits per heavy atom. The fourth-order valence-corrected chi connectivity index (χ4v) is 3.13. The highest BCUT2D eigenvalue weighted by Gasteiger charge is 2.29. The molecule has 0 aromatic heterocycles. The molecule has 22 heavy (non-hydrogen) atoms. The molecule has 122 valence electrons. The molecule has 1 fully saturated rings. The quantitative estimate of drug-likeness (QED) is 0.873. The van der Waals surface area contributed by atoms with Crippen molar-refractivity contribution in [2.45, 2.75) is 38.6 Å². The zero-order valence-electron chi connectivity index (χ0n) is 12.9. The molecule has 1 aromatic rings. The van der Waals surface area contributed by atoms with Crippen molar-refractivity contribution in [3.63, 3.8) is 0 Å². The maximum Gasteiger partial charge on any atom is 0.234 e. The van der Waals surface area contributed by atoms with Gasteiger partial charge in [0.15, 0.2) is 0 Å². The Morgan fingerprint density at radius 2 is 2.09 bits per heavy atom. The van der Waals surface area contributed by atoms with Gasteiger partial charge in [0.2, 0.25) is 5.91 Å². The third kappa shape index (κ3) is 3.99. The van der Waals surface area contributed by atoms with Gasteiger partial charge in [-0.25, -0.2) is 4.39 Å². The number of hydrogen-bond acceptors (Lipinski definition) is 2. The number of carbonyl (C=O) groups is 1. The summed E-state index contributed by atoms with van der Waals surface area (Å²) in [7, 11) is 0. The lowest BCUT2D eigenvalue weighted by Crippen LogP contribution is -2.40. The standard InChI is InChI=1S/C17H23FN2O.ClH/c1-11-5-8-13-14(3-2-4-15(13)18)17(11)20-16(21)10-19-9-12-6-7-12;/h2-4,11-12,17,19H,5-10H2,1H3,(H,20,21);1H. The molecule has 1 amide bonds. The van der Waals surface area contributed by atoms with E-state index in [2.05, 4.69) is 17.6 Å². The van der Waals surface area contributed by atoms with Crippen molar-refractivity contribution in [2.24, 2.45) is 11.8 Å². The monoisotopic (exact) mass is 326 g/mol. The van der Waals surface area contributed by atoms with E-state index < -0.39 is 0 Å². The molecule has 0 aliphatic heterocycles. The van der Waals surface area contributed by atoms with E-state index in [9.17, 15) is 9.18 Å². The summed E-state index contributed by atoms with van der Waals surface area (Å²) in [6, 6.07) is 5.11. The van der Waals surface area contributed by atoms with E-state index >= 15 is 0 Å². The van der Waals surface area contributed by atoms with Gasteiger partial charge < -0.3 is 10.6 Å². The first-order valence-corrected chi connectivity index (χ1v) is 7.92. The first kappa shape index (κ1) is 17.2. The van der Waals surface area contributed by atoms with Gasteiger partial charge in [-0.2, -0.15) is 0 Å². The molecule has 2 aliphatic carbocycles. The Bertz CT molecular complexity index is 533. The van der Waals surface area contributed by atoms with Crippen molar-refractivity contribution < 1.29 is 9.18 Å². The summed E-state index contributed by atoms with van der Waals surface area (Å²) in [4.78, 5) is 12.1. The summed E-state index contributed by atoms with van der Waals surface area (Å²) < 4.78 is 13.9. The Hall–Kier alpha value is -1.13. The molecular formula is C17H24ClFN2O. The Labute approximate surface area is 137 Å². The minimum absolute atomic E-state index is 0. The highest BCUT2D eigenvalue weighted by atomic mass is 35.5. The van der Waals surface area contributed by atoms with E-state index in [1.807, 2.05) is 6.07 Å². The van der Waals surface area contributed by atoms with Crippen molar-refractivity contribution in [1.29, 1.82) is 0 Å². The van der Waals surface area contributed by atoms with Gasteiger partial charge in [-0.05, 0) is 61.3 Å². The van der Waals surface area contributed by atoms with Gasteiger partial charge in [0.1, 0.15) is 5.82 Å². The average molecular weight is 327 g/mol. The predicted molar refractivity (Wildman–Crippen MR) is 87.6 cm³/mol. The highest BCUT2D eigenvalue weighted by molar-refractivity contribution is 5.85. The average Bonchev–Trinajstić information content (AvgIpc) is 3.26. The molecule has 2 unspecified atom stereocenters. The number of halogens is 2. The van der Waals surface area contributed by atoms with Crippen LogP contribution in [-0.4, -0.2) is 19.0 Å². The fourth-order valence-electron chi connectivity index (χ4n) is 3.13. The van der Waals surface area contributed by atoms with Crippen LogP contribution in [-0.2, 0) is 11.2 Å². The summed E-state index contributed by atoms with van der Waals surface area (Å²) in [5.74, 6) is 0.961. The van der Waals surface area contributed by atoms with Gasteiger partial charge >= 0.3 is 0 Å². The van der Waals surface area contributed by atoms with Gasteiger partial charge in [-0.3, -0.25) is 4.79 Å². The minimum atomic E-state index is -0.148. The smallest absolute Gasteiger partial charge is 0.234 e. The van der Waals surface area contributed by atoms with E-state index in [4.69, 9.17) is 0 Å². The van der Waals surface area contributed by atoms with E-state index in [-0.39, 0.29) is 30.2 Å². The van der Waals surface area contributed by atoms with E-state index in [1.165, 1.54) is 18.9 Å². The number of amides is 1. The van der Waals surface area contributed by atoms with Gasteiger partial charge in [0, 0.05) is 0 Å². The summed E-state index contributed by atoms with van der Waals surface area (Å²) in [6.07, 6.45) is 4.23. The minimum Gasteiger partial charge on any atom is -0.348 e. The molecule has 0 radical (unpaired) electrons. The van der Waals surface area contributed by atoms with Gasteiger partial charge in [-0.15, -0.1) is 12.4 Å². The zero-order chi connectivity index (χ0) is 14.8. The first-order chi connectivity index (χ1) is 10.1. The van der Waals surface area contributed by atoms with Crippen LogP contribution in [0.3, 0.4) is 0 Å². The number of hydrogen-bond donors (Lipinski definition) is 2. The molecule has 0 bridgehead atoms. The largest absolute Gasteiger partial charge is 0.348 e. The molecule has 2 atom stereocenters. The van der Waals surface area contributed by atoms with E-state index in [1.54, 1.807) is 6.07 Å². The van der Waals surface area contributed by atoms with Gasteiger partial charge in [-0.1, -0.05) is 19.1 Å². The van der Waals surface area contributed by atoms with Crippen LogP contribution < -0.4 is 10.6 Å². The molecule has 1 aromatic carbocycles. The zero-order valence-corrected chi connectivity index (χ0v) is 13.7. The number of carbonyl (C=O) groups excluding carboxylic acids is 1. The summed E-state index contributed by atoms with van der Waals surface area (Å²) in [6.45, 7) is 3.40. The highest BCUT2D eigenvalue weighted by Crippen LogP contribution is 2.35. The van der Waals surface area contributed by atoms with E-state index in [0.29, 0.717) is 12.5 Å². The first-order valence-electron chi connectivity index (χ1n) is 7.92. The molecule has 2 aliphatic rings. The van der Waals surface area contributed by atoms with Crippen LogP contribution in [0.4, 0.5) is 4.39 Å². The summed E-state index contributed by atoms with van der Waals surface area (Å²) in [5.41, 5.74) is 1.72. The number of rotatable bonds is 5. The maximum absolute atomic E-state index is 13.9. The molecule has 0 saturated heterocycles. The van der Waals surface area contributed by atoms with Crippen LogP contribution in [0.5, 0.6) is 0 Å². The number of benzene rings is 1. The second-order valence-corrected chi connectivity index (χ2v) is 6.44. The summed E-state index contributed by atoms with van der Waals surface area (Å²) in [5, 5.41) is 6.28. The van der Waals surface area contributed by atoms with Crippen LogP contribution in [0.1, 0.15) is 43.4 Å². The van der Waals surface area contributed by atoms with Crippen molar-refractivity contribution in [2.75, 3.05) is 13.1 Å². The summed E-state index contributed by atoms with van der Waals surface area (Å²) >= 11 is 0. The second kappa shape index (κ2) is 7.42. The van der Waals surface area contributed by atoms with Crippen LogP contribution >= 0.6 is 12.4 Å². The lowest BCUT2D eigenvalue weighted by atomic mass is 9.80. The topological polar surface area (TPSA) is 41.1 Å². The van der Waals surface area contributed by atoms with Crippen LogP contribution in [0.25, 0.3) is 0 Å². The molecule has 1 saturated carbocycles. The molecule has 0 heterocycles. The normalized spacial score (nSPS) is 23.4. The molecular weight excluding hydrogens is 303 g/mol. The molecule has 0 spiro atoms. The Morgan fingerprint density at radius 3 is 2.82 bits per heavy atom. The maximum atomic E-state index is 13.9. The second-order valence-electron chi connectivity index (χ2n) is 6.44. The van der Waals surface area contributed by atoms with Gasteiger partial charge in [0.05, 0.1) is 12.6 Å². The SMILES string of the molecule is CC1CCc2c(F)cccc2C1NC(=O)CNCC1CC1.Cl. The fraction of sp³-hybridized carbons (Fsp3) is 0.588. The lowest BCUT2D eigenvalue weighted by Gasteiger charge is -2.32. The van der Waals surface area contributed by atoms with Crippen molar-refractivity contribution >= 4 is 18.3 Å². The van der Waals surface area contributed by atoms with Crippen molar-refractivity contribution in [3.05, 3.63) is 35.1 Å². The Balaban J connectivity index is 0.00000176. The Kier molecular flexibility index (Phi) is 5.81. The van der Waals surface area contributed by atoms with E-state index in [0.717, 1.165) is 36.4 Å². The van der Waals surface area contributed by atoms with Crippen molar-refractivity contribution in [1.82, 2.24) is 10.6 Å². The van der Waals surface area contributed by atoms with Crippen LogP contribution in [0.15, 0.2) is 18.2 Å².